The van der Waals surface area contributed by atoms with Gasteiger partial charge in [0.05, 0.1) is 0 Å². The van der Waals surface area contributed by atoms with Crippen molar-refractivity contribution in [2.75, 3.05) is 11.9 Å². The first kappa shape index (κ1) is 15.1. The lowest BCUT2D eigenvalue weighted by atomic mass is 9.89. The lowest BCUT2D eigenvalue weighted by molar-refractivity contribution is 0.372. The summed E-state index contributed by atoms with van der Waals surface area (Å²) >= 11 is 0. The number of hydrogen-bond acceptors (Lipinski definition) is 3. The van der Waals surface area contributed by atoms with Crippen LogP contribution in [0.4, 0.5) is 5.95 Å². The van der Waals surface area contributed by atoms with E-state index in [2.05, 4.69) is 24.1 Å². The first-order valence-electron chi connectivity index (χ1n) is 7.93. The van der Waals surface area contributed by atoms with Gasteiger partial charge in [0.25, 0.3) is 5.56 Å². The Bertz CT molecular complexity index is 489. The number of aromatic nitrogens is 2. The van der Waals surface area contributed by atoms with Gasteiger partial charge in [0.1, 0.15) is 0 Å². The summed E-state index contributed by atoms with van der Waals surface area (Å²) in [7, 11) is 1.81. The number of anilines is 1. The molecule has 1 saturated carbocycles. The Morgan fingerprint density at radius 3 is 2.75 bits per heavy atom. The molecule has 1 aliphatic carbocycles. The second-order valence-corrected chi connectivity index (χ2v) is 6.10. The quantitative estimate of drug-likeness (QED) is 0.898. The summed E-state index contributed by atoms with van der Waals surface area (Å²) in [5.41, 5.74) is 0.902. The maximum absolute atomic E-state index is 12.3. The van der Waals surface area contributed by atoms with Crippen LogP contribution < -0.4 is 10.9 Å². The minimum atomic E-state index is 0.0838. The second kappa shape index (κ2) is 6.91. The Labute approximate surface area is 121 Å². The Hall–Kier alpha value is -1.32. The maximum atomic E-state index is 12.3. The summed E-state index contributed by atoms with van der Waals surface area (Å²) in [6, 6.07) is 0. The van der Waals surface area contributed by atoms with E-state index in [9.17, 15) is 4.79 Å². The van der Waals surface area contributed by atoms with Crippen molar-refractivity contribution in [3.8, 4) is 0 Å². The molecular weight excluding hydrogens is 250 g/mol. The van der Waals surface area contributed by atoms with Crippen LogP contribution in [0.5, 0.6) is 0 Å². The van der Waals surface area contributed by atoms with Crippen molar-refractivity contribution in [3.05, 3.63) is 22.1 Å². The van der Waals surface area contributed by atoms with Crippen LogP contribution in [-0.2, 0) is 7.05 Å². The predicted octanol–water partition coefficient (Wildman–Crippen LogP) is 3.29. The molecule has 1 heterocycles. The molecule has 0 aliphatic heterocycles. The van der Waals surface area contributed by atoms with Gasteiger partial charge >= 0.3 is 0 Å². The van der Waals surface area contributed by atoms with E-state index in [1.54, 1.807) is 10.8 Å². The Kier molecular flexibility index (Phi) is 5.21. The summed E-state index contributed by atoms with van der Waals surface area (Å²) in [5, 5.41) is 3.36. The fraction of sp³-hybridized carbons (Fsp3) is 0.750. The van der Waals surface area contributed by atoms with Gasteiger partial charge in [-0.3, -0.25) is 9.36 Å². The highest BCUT2D eigenvalue weighted by Gasteiger charge is 2.15. The van der Waals surface area contributed by atoms with Gasteiger partial charge in [0.15, 0.2) is 0 Å². The van der Waals surface area contributed by atoms with Gasteiger partial charge < -0.3 is 5.32 Å². The van der Waals surface area contributed by atoms with Gasteiger partial charge in [-0.2, -0.15) is 0 Å². The Balaban J connectivity index is 2.05. The molecule has 1 N–H and O–H groups in total. The number of nitrogens with one attached hydrogen (secondary N) is 1. The molecule has 4 heteroatoms. The number of hydrogen-bond donors (Lipinski definition) is 1. The first-order chi connectivity index (χ1) is 9.63. The third-order valence-corrected chi connectivity index (χ3v) is 4.61. The van der Waals surface area contributed by atoms with Crippen molar-refractivity contribution in [2.45, 2.75) is 58.3 Å². The van der Waals surface area contributed by atoms with E-state index in [-0.39, 0.29) is 11.5 Å². The lowest BCUT2D eigenvalue weighted by Crippen LogP contribution is -2.28. The predicted molar refractivity (Wildman–Crippen MR) is 83.2 cm³/mol. The summed E-state index contributed by atoms with van der Waals surface area (Å²) < 4.78 is 1.66. The number of nitrogens with zero attached hydrogens (tertiary/aromatic N) is 2. The largest absolute Gasteiger partial charge is 0.355 e. The third-order valence-electron chi connectivity index (χ3n) is 4.61. The average Bonchev–Trinajstić information content (AvgIpc) is 2.49. The second-order valence-electron chi connectivity index (χ2n) is 6.10. The SMILES string of the molecule is CCC(C)c1cnc(NCC2CCCCC2)n(C)c1=O. The van der Waals surface area contributed by atoms with Crippen LogP contribution in [0, 0.1) is 5.92 Å². The van der Waals surface area contributed by atoms with Crippen molar-refractivity contribution in [2.24, 2.45) is 13.0 Å². The van der Waals surface area contributed by atoms with Crippen LogP contribution in [0.1, 0.15) is 63.9 Å². The third kappa shape index (κ3) is 3.41. The molecule has 4 nitrogen and oxygen atoms in total. The zero-order valence-electron chi connectivity index (χ0n) is 13.0. The fourth-order valence-corrected chi connectivity index (χ4v) is 2.91. The fourth-order valence-electron chi connectivity index (χ4n) is 2.91. The van der Waals surface area contributed by atoms with Crippen molar-refractivity contribution in [3.63, 3.8) is 0 Å². The van der Waals surface area contributed by atoms with Crippen molar-refractivity contribution in [1.82, 2.24) is 9.55 Å². The molecule has 1 atom stereocenters. The van der Waals surface area contributed by atoms with E-state index in [1.807, 2.05) is 7.05 Å². The molecule has 112 valence electrons. The van der Waals surface area contributed by atoms with Crippen LogP contribution in [0.15, 0.2) is 11.0 Å². The molecule has 2 rings (SSSR count). The lowest BCUT2D eigenvalue weighted by Gasteiger charge is -2.22. The van der Waals surface area contributed by atoms with E-state index >= 15 is 0 Å². The van der Waals surface area contributed by atoms with Crippen molar-refractivity contribution in [1.29, 1.82) is 0 Å². The molecule has 0 saturated heterocycles. The van der Waals surface area contributed by atoms with E-state index in [0.29, 0.717) is 5.95 Å². The van der Waals surface area contributed by atoms with Gasteiger partial charge in [0.2, 0.25) is 5.95 Å². The molecule has 0 spiro atoms. The van der Waals surface area contributed by atoms with E-state index in [4.69, 9.17) is 0 Å². The van der Waals surface area contributed by atoms with Gasteiger partial charge in [-0.1, -0.05) is 33.1 Å². The summed E-state index contributed by atoms with van der Waals surface area (Å²) in [5.74, 6) is 1.70. The van der Waals surface area contributed by atoms with Crippen LogP contribution in [0.2, 0.25) is 0 Å². The van der Waals surface area contributed by atoms with Crippen LogP contribution in [0.3, 0.4) is 0 Å². The summed E-state index contributed by atoms with van der Waals surface area (Å²) in [6.07, 6.45) is 9.36. The standard InChI is InChI=1S/C16H27N3O/c1-4-12(2)14-11-18-16(19(3)15(14)20)17-10-13-8-6-5-7-9-13/h11-13H,4-10H2,1-3H3,(H,17,18). The molecule has 0 radical (unpaired) electrons. The van der Waals surface area contributed by atoms with Crippen LogP contribution in [-0.4, -0.2) is 16.1 Å². The minimum Gasteiger partial charge on any atom is -0.355 e. The molecule has 1 unspecified atom stereocenters. The smallest absolute Gasteiger partial charge is 0.258 e. The Morgan fingerprint density at radius 2 is 2.10 bits per heavy atom. The monoisotopic (exact) mass is 277 g/mol. The van der Waals surface area contributed by atoms with Crippen molar-refractivity contribution < 1.29 is 0 Å². The molecule has 1 fully saturated rings. The number of rotatable bonds is 5. The molecule has 1 aliphatic rings. The highest BCUT2D eigenvalue weighted by Crippen LogP contribution is 2.23. The molecule has 1 aromatic rings. The molecule has 0 amide bonds. The van der Waals surface area contributed by atoms with Crippen molar-refractivity contribution >= 4 is 5.95 Å². The normalized spacial score (nSPS) is 17.9. The topological polar surface area (TPSA) is 46.9 Å². The molecular formula is C16H27N3O. The van der Waals surface area contributed by atoms with Gasteiger partial charge in [-0.05, 0) is 31.1 Å². The zero-order chi connectivity index (χ0) is 14.5. The first-order valence-corrected chi connectivity index (χ1v) is 7.93. The average molecular weight is 277 g/mol. The summed E-state index contributed by atoms with van der Waals surface area (Å²) in [4.78, 5) is 16.8. The maximum Gasteiger partial charge on any atom is 0.258 e. The van der Waals surface area contributed by atoms with Gasteiger partial charge in [-0.15, -0.1) is 0 Å². The van der Waals surface area contributed by atoms with Crippen LogP contribution in [0.25, 0.3) is 0 Å². The Morgan fingerprint density at radius 1 is 1.40 bits per heavy atom. The summed E-state index contributed by atoms with van der Waals surface area (Å²) in [6.45, 7) is 5.11. The molecule has 1 aromatic heterocycles. The van der Waals surface area contributed by atoms with Crippen LogP contribution >= 0.6 is 0 Å². The van der Waals surface area contributed by atoms with E-state index in [1.165, 1.54) is 32.1 Å². The zero-order valence-corrected chi connectivity index (χ0v) is 13.0. The van der Waals surface area contributed by atoms with E-state index < -0.39 is 0 Å². The minimum absolute atomic E-state index is 0.0838. The molecule has 20 heavy (non-hydrogen) atoms. The van der Waals surface area contributed by atoms with Gasteiger partial charge in [-0.25, -0.2) is 4.98 Å². The molecule has 0 aromatic carbocycles. The van der Waals surface area contributed by atoms with Gasteiger partial charge in [0, 0.05) is 25.4 Å². The highest BCUT2D eigenvalue weighted by atomic mass is 16.1. The highest BCUT2D eigenvalue weighted by molar-refractivity contribution is 5.28. The van der Waals surface area contributed by atoms with E-state index in [0.717, 1.165) is 24.4 Å². The molecule has 0 bridgehead atoms.